The lowest BCUT2D eigenvalue weighted by Gasteiger charge is -1.98. The number of rotatable bonds is 3. The molecule has 1 fully saturated rings. The van der Waals surface area contributed by atoms with Crippen molar-refractivity contribution < 1.29 is 9.53 Å². The molecule has 2 aromatic rings. The van der Waals surface area contributed by atoms with Crippen molar-refractivity contribution in [3.05, 3.63) is 23.4 Å². The Balaban J connectivity index is 1.90. The van der Waals surface area contributed by atoms with Crippen molar-refractivity contribution in [3.63, 3.8) is 0 Å². The minimum absolute atomic E-state index is 0.0778. The highest BCUT2D eigenvalue weighted by Crippen LogP contribution is 2.46. The van der Waals surface area contributed by atoms with Gasteiger partial charge in [-0.05, 0) is 27.2 Å². The first-order chi connectivity index (χ1) is 9.11. The Morgan fingerprint density at radius 1 is 1.53 bits per heavy atom. The second-order valence-electron chi connectivity index (χ2n) is 4.89. The summed E-state index contributed by atoms with van der Waals surface area (Å²) in [6, 6.07) is 0. The zero-order valence-corrected chi connectivity index (χ0v) is 11.3. The van der Waals surface area contributed by atoms with E-state index in [0.29, 0.717) is 6.61 Å². The topological polar surface area (TPSA) is 69.4 Å². The predicted molar refractivity (Wildman–Crippen MR) is 67.7 cm³/mol. The number of nitrogens with zero attached hydrogens (tertiary/aromatic N) is 4. The lowest BCUT2D eigenvalue weighted by atomic mass is 10.3. The third-order valence-electron chi connectivity index (χ3n) is 3.44. The average Bonchev–Trinajstić information content (AvgIpc) is 3.06. The van der Waals surface area contributed by atoms with Gasteiger partial charge in [0.05, 0.1) is 23.9 Å². The van der Waals surface area contributed by atoms with Gasteiger partial charge in [-0.3, -0.25) is 9.78 Å². The molecular formula is C13H16N4O2. The van der Waals surface area contributed by atoms with E-state index in [0.717, 1.165) is 29.3 Å². The Morgan fingerprint density at radius 2 is 2.32 bits per heavy atom. The Hall–Kier alpha value is -1.98. The molecule has 6 heteroatoms. The van der Waals surface area contributed by atoms with Crippen molar-refractivity contribution in [2.45, 2.75) is 33.1 Å². The number of esters is 1. The van der Waals surface area contributed by atoms with Gasteiger partial charge < -0.3 is 4.74 Å². The summed E-state index contributed by atoms with van der Waals surface area (Å²) in [6.45, 7) is 6.08. The zero-order valence-electron chi connectivity index (χ0n) is 11.3. The van der Waals surface area contributed by atoms with Gasteiger partial charge in [0.25, 0.3) is 0 Å². The lowest BCUT2D eigenvalue weighted by molar-refractivity contribution is -0.144. The smallest absolute Gasteiger partial charge is 0.309 e. The van der Waals surface area contributed by atoms with E-state index in [1.807, 2.05) is 20.8 Å². The quantitative estimate of drug-likeness (QED) is 0.780. The normalized spacial score (nSPS) is 21.6. The van der Waals surface area contributed by atoms with Crippen LogP contribution in [0.5, 0.6) is 0 Å². The van der Waals surface area contributed by atoms with Gasteiger partial charge in [-0.1, -0.05) is 0 Å². The summed E-state index contributed by atoms with van der Waals surface area (Å²) in [7, 11) is 0. The van der Waals surface area contributed by atoms with Crippen molar-refractivity contribution in [2.75, 3.05) is 6.61 Å². The van der Waals surface area contributed by atoms with Crippen LogP contribution in [0.1, 0.15) is 36.5 Å². The van der Waals surface area contributed by atoms with Crippen molar-refractivity contribution >= 4 is 11.6 Å². The van der Waals surface area contributed by atoms with Crippen molar-refractivity contribution in [1.82, 2.24) is 19.6 Å². The molecule has 2 atom stereocenters. The summed E-state index contributed by atoms with van der Waals surface area (Å²) >= 11 is 0. The number of aromatic nitrogens is 4. The third kappa shape index (κ3) is 1.97. The molecule has 19 heavy (non-hydrogen) atoms. The summed E-state index contributed by atoms with van der Waals surface area (Å²) in [5.41, 5.74) is 2.55. The second-order valence-corrected chi connectivity index (χ2v) is 4.89. The van der Waals surface area contributed by atoms with Crippen LogP contribution in [0, 0.1) is 19.8 Å². The van der Waals surface area contributed by atoms with Crippen LogP contribution in [-0.4, -0.2) is 32.2 Å². The van der Waals surface area contributed by atoms with E-state index >= 15 is 0 Å². The molecule has 0 radical (unpaired) electrons. The molecule has 0 amide bonds. The van der Waals surface area contributed by atoms with Gasteiger partial charge >= 0.3 is 5.97 Å². The van der Waals surface area contributed by atoms with Gasteiger partial charge in [0.1, 0.15) is 0 Å². The van der Waals surface area contributed by atoms with Crippen LogP contribution in [0.4, 0.5) is 0 Å². The molecule has 0 saturated heterocycles. The standard InChI is InChI=1S/C13H16N4O2/c1-4-19-13(18)10-5-9(10)11-15-12-8(3)14-6-7(2)17(12)16-11/h6,9-10H,4-5H2,1-3H3. The molecule has 0 spiro atoms. The monoisotopic (exact) mass is 260 g/mol. The highest BCUT2D eigenvalue weighted by Gasteiger charge is 2.47. The van der Waals surface area contributed by atoms with Crippen LogP contribution in [-0.2, 0) is 9.53 Å². The molecular weight excluding hydrogens is 244 g/mol. The molecule has 1 aliphatic carbocycles. The first kappa shape index (κ1) is 12.1. The lowest BCUT2D eigenvalue weighted by Crippen LogP contribution is -2.07. The fraction of sp³-hybridized carbons (Fsp3) is 0.538. The van der Waals surface area contributed by atoms with E-state index in [2.05, 4.69) is 15.1 Å². The van der Waals surface area contributed by atoms with E-state index < -0.39 is 0 Å². The molecule has 0 N–H and O–H groups in total. The van der Waals surface area contributed by atoms with E-state index in [4.69, 9.17) is 4.74 Å². The highest BCUT2D eigenvalue weighted by atomic mass is 16.5. The number of ether oxygens (including phenoxy) is 1. The highest BCUT2D eigenvalue weighted by molar-refractivity contribution is 5.77. The average molecular weight is 260 g/mol. The Bertz CT molecular complexity index is 610. The van der Waals surface area contributed by atoms with E-state index in [9.17, 15) is 4.79 Å². The molecule has 1 aliphatic rings. The minimum atomic E-state index is -0.141. The summed E-state index contributed by atoms with van der Waals surface area (Å²) < 4.78 is 6.82. The first-order valence-corrected chi connectivity index (χ1v) is 6.47. The number of carbonyl (C=O) groups is 1. The van der Waals surface area contributed by atoms with E-state index in [1.165, 1.54) is 0 Å². The van der Waals surface area contributed by atoms with Gasteiger partial charge in [-0.25, -0.2) is 9.50 Å². The summed E-state index contributed by atoms with van der Waals surface area (Å²) in [5.74, 6) is 0.596. The largest absolute Gasteiger partial charge is 0.466 e. The molecule has 3 rings (SSSR count). The zero-order chi connectivity index (χ0) is 13.6. The fourth-order valence-corrected chi connectivity index (χ4v) is 2.26. The van der Waals surface area contributed by atoms with Crippen molar-refractivity contribution in [2.24, 2.45) is 5.92 Å². The summed E-state index contributed by atoms with van der Waals surface area (Å²) in [4.78, 5) is 20.4. The number of carbonyl (C=O) groups excluding carboxylic acids is 1. The van der Waals surface area contributed by atoms with Gasteiger partial charge in [0.15, 0.2) is 11.5 Å². The molecule has 0 bridgehead atoms. The van der Waals surface area contributed by atoms with Crippen molar-refractivity contribution in [1.29, 1.82) is 0 Å². The molecule has 2 unspecified atom stereocenters. The SMILES string of the molecule is CCOC(=O)C1CC1c1nc2c(C)ncc(C)n2n1. The molecule has 0 aliphatic heterocycles. The molecule has 2 aromatic heterocycles. The van der Waals surface area contributed by atoms with Gasteiger partial charge in [-0.2, -0.15) is 5.10 Å². The van der Waals surface area contributed by atoms with Crippen LogP contribution in [0.15, 0.2) is 6.20 Å². The Morgan fingerprint density at radius 3 is 3.00 bits per heavy atom. The maximum absolute atomic E-state index is 11.6. The van der Waals surface area contributed by atoms with E-state index in [1.54, 1.807) is 10.7 Å². The minimum Gasteiger partial charge on any atom is -0.466 e. The molecule has 1 saturated carbocycles. The van der Waals surface area contributed by atoms with Gasteiger partial charge in [-0.15, -0.1) is 0 Å². The number of hydrogen-bond donors (Lipinski definition) is 0. The first-order valence-electron chi connectivity index (χ1n) is 6.47. The van der Waals surface area contributed by atoms with Crippen LogP contribution in [0.3, 0.4) is 0 Å². The number of aryl methyl sites for hydroxylation is 2. The Kier molecular flexibility index (Phi) is 2.73. The molecule has 2 heterocycles. The number of fused-ring (bicyclic) bond motifs is 1. The molecule has 0 aromatic carbocycles. The summed E-state index contributed by atoms with van der Waals surface area (Å²) in [5, 5.41) is 4.49. The van der Waals surface area contributed by atoms with Crippen LogP contribution in [0.25, 0.3) is 5.65 Å². The summed E-state index contributed by atoms with van der Waals surface area (Å²) in [6.07, 6.45) is 2.55. The second kappa shape index (κ2) is 4.29. The van der Waals surface area contributed by atoms with Gasteiger partial charge in [0.2, 0.25) is 0 Å². The molecule has 100 valence electrons. The van der Waals surface area contributed by atoms with Crippen LogP contribution < -0.4 is 0 Å². The van der Waals surface area contributed by atoms with Gasteiger partial charge in [0, 0.05) is 12.1 Å². The Labute approximate surface area is 110 Å². The third-order valence-corrected chi connectivity index (χ3v) is 3.44. The van der Waals surface area contributed by atoms with E-state index in [-0.39, 0.29) is 17.8 Å². The van der Waals surface area contributed by atoms with Crippen LogP contribution >= 0.6 is 0 Å². The predicted octanol–water partition coefficient (Wildman–Crippen LogP) is 1.41. The molecule has 6 nitrogen and oxygen atoms in total. The van der Waals surface area contributed by atoms with Crippen LogP contribution in [0.2, 0.25) is 0 Å². The maximum Gasteiger partial charge on any atom is 0.309 e. The fourth-order valence-electron chi connectivity index (χ4n) is 2.26. The number of hydrogen-bond acceptors (Lipinski definition) is 5. The maximum atomic E-state index is 11.6. The van der Waals surface area contributed by atoms with Crippen molar-refractivity contribution in [3.8, 4) is 0 Å².